The van der Waals surface area contributed by atoms with Crippen molar-refractivity contribution in [1.82, 2.24) is 0 Å². The van der Waals surface area contributed by atoms with Crippen LogP contribution in [-0.2, 0) is 10.1 Å². The van der Waals surface area contributed by atoms with E-state index in [1.165, 1.54) is 0 Å². The van der Waals surface area contributed by atoms with Gasteiger partial charge in [0.05, 0.1) is 5.75 Å². The number of hydrogen-bond donors (Lipinski definition) is 1. The summed E-state index contributed by atoms with van der Waals surface area (Å²) in [5, 5.41) is 0. The molecule has 0 aromatic rings. The maximum Gasteiger partial charge on any atom is 1.00 e. The van der Waals surface area contributed by atoms with Crippen molar-refractivity contribution in [2.24, 2.45) is 0 Å². The fourth-order valence-corrected chi connectivity index (χ4v) is 0.980. The molecule has 0 aliphatic carbocycles. The molecule has 5 heteroatoms. The first kappa shape index (κ1) is 12.6. The van der Waals surface area contributed by atoms with Crippen LogP contribution in [0.3, 0.4) is 0 Å². The van der Waals surface area contributed by atoms with E-state index in [1.54, 1.807) is 0 Å². The fraction of sp³-hybridized carbons (Fsp3) is 1.00. The molecule has 0 fully saturated rings. The molecular formula is C4H11NaO3S. The van der Waals surface area contributed by atoms with Crippen LogP contribution < -0.4 is 29.6 Å². The van der Waals surface area contributed by atoms with Crippen molar-refractivity contribution in [2.75, 3.05) is 5.75 Å². The Morgan fingerprint density at radius 1 is 1.56 bits per heavy atom. The average Bonchev–Trinajstić information content (AvgIpc) is 1.59. The molecule has 0 rings (SSSR count). The predicted molar refractivity (Wildman–Crippen MR) is 32.4 cm³/mol. The molecule has 9 heavy (non-hydrogen) atoms. The molecule has 0 aromatic carbocycles. The standard InChI is InChI=1S/C4H10O3S.Na.H/c1-2-3-4-8(5,6)7;;/h2-4H2,1H3,(H,5,6,7);;/q;+1;-1. The third-order valence-electron chi connectivity index (χ3n) is 0.756. The molecule has 52 valence electrons. The van der Waals surface area contributed by atoms with Crippen molar-refractivity contribution < 1.29 is 44.0 Å². The number of unbranched alkanes of at least 4 members (excludes halogenated alkanes) is 1. The Kier molecular flexibility index (Phi) is 7.93. The van der Waals surface area contributed by atoms with Crippen LogP contribution >= 0.6 is 0 Å². The van der Waals surface area contributed by atoms with Crippen molar-refractivity contribution in [3.63, 3.8) is 0 Å². The van der Waals surface area contributed by atoms with E-state index in [9.17, 15) is 8.42 Å². The predicted octanol–water partition coefficient (Wildman–Crippen LogP) is -2.21. The molecule has 0 bridgehead atoms. The molecule has 0 saturated carbocycles. The van der Waals surface area contributed by atoms with Gasteiger partial charge in [0, 0.05) is 0 Å². The minimum absolute atomic E-state index is 0. The smallest absolute Gasteiger partial charge is 1.00 e. The topological polar surface area (TPSA) is 54.4 Å². The molecule has 0 aromatic heterocycles. The molecule has 0 radical (unpaired) electrons. The summed E-state index contributed by atoms with van der Waals surface area (Å²) in [6.45, 7) is 1.87. The minimum atomic E-state index is -3.69. The van der Waals surface area contributed by atoms with Crippen LogP contribution in [0, 0.1) is 0 Å². The summed E-state index contributed by atoms with van der Waals surface area (Å²) in [7, 11) is -3.69. The van der Waals surface area contributed by atoms with E-state index in [-0.39, 0.29) is 36.7 Å². The second kappa shape index (κ2) is 5.68. The molecule has 0 aliphatic rings. The van der Waals surface area contributed by atoms with E-state index in [2.05, 4.69) is 0 Å². The van der Waals surface area contributed by atoms with Gasteiger partial charge in [0.15, 0.2) is 0 Å². The first-order valence-electron chi connectivity index (χ1n) is 2.51. The summed E-state index contributed by atoms with van der Waals surface area (Å²) < 4.78 is 28.0. The first-order chi connectivity index (χ1) is 3.56. The molecule has 0 heterocycles. The van der Waals surface area contributed by atoms with Crippen molar-refractivity contribution in [1.29, 1.82) is 0 Å². The van der Waals surface area contributed by atoms with Crippen LogP contribution in [0.5, 0.6) is 0 Å². The molecule has 0 aliphatic heterocycles. The summed E-state index contributed by atoms with van der Waals surface area (Å²) >= 11 is 0. The van der Waals surface area contributed by atoms with Gasteiger partial charge in [0.2, 0.25) is 0 Å². The van der Waals surface area contributed by atoms with E-state index >= 15 is 0 Å². The molecular weight excluding hydrogens is 151 g/mol. The van der Waals surface area contributed by atoms with E-state index < -0.39 is 10.1 Å². The van der Waals surface area contributed by atoms with Gasteiger partial charge in [-0.3, -0.25) is 4.55 Å². The van der Waals surface area contributed by atoms with E-state index in [4.69, 9.17) is 4.55 Å². The Balaban J connectivity index is -0.000000245. The Morgan fingerprint density at radius 3 is 2.11 bits per heavy atom. The molecule has 0 spiro atoms. The Morgan fingerprint density at radius 2 is 2.00 bits per heavy atom. The third-order valence-corrected chi connectivity index (χ3v) is 1.56. The monoisotopic (exact) mass is 162 g/mol. The SMILES string of the molecule is CCCCS(=O)(=O)O.[H-].[Na+]. The first-order valence-corrected chi connectivity index (χ1v) is 4.12. The van der Waals surface area contributed by atoms with Gasteiger partial charge in [-0.25, -0.2) is 0 Å². The average molecular weight is 162 g/mol. The van der Waals surface area contributed by atoms with Gasteiger partial charge in [-0.05, 0) is 6.42 Å². The Hall–Kier alpha value is 0.910. The fourth-order valence-electron chi connectivity index (χ4n) is 0.327. The van der Waals surface area contributed by atoms with E-state index in [0.29, 0.717) is 6.42 Å². The van der Waals surface area contributed by atoms with Crippen molar-refractivity contribution in [3.05, 3.63) is 0 Å². The quantitative estimate of drug-likeness (QED) is 0.378. The second-order valence-electron chi connectivity index (χ2n) is 1.64. The second-order valence-corrected chi connectivity index (χ2v) is 3.21. The van der Waals surface area contributed by atoms with Crippen molar-refractivity contribution in [2.45, 2.75) is 19.8 Å². The van der Waals surface area contributed by atoms with Gasteiger partial charge in [-0.15, -0.1) is 0 Å². The van der Waals surface area contributed by atoms with Gasteiger partial charge < -0.3 is 1.43 Å². The van der Waals surface area contributed by atoms with Crippen LogP contribution in [0.15, 0.2) is 0 Å². The van der Waals surface area contributed by atoms with Gasteiger partial charge in [0.25, 0.3) is 10.1 Å². The molecule has 0 unspecified atom stereocenters. The Bertz CT molecular complexity index is 145. The Labute approximate surface area is 79.4 Å². The summed E-state index contributed by atoms with van der Waals surface area (Å²) in [5.41, 5.74) is 0. The van der Waals surface area contributed by atoms with Crippen LogP contribution in [0.25, 0.3) is 0 Å². The number of hydrogen-bond acceptors (Lipinski definition) is 2. The molecule has 0 saturated heterocycles. The largest absolute Gasteiger partial charge is 1.00 e. The summed E-state index contributed by atoms with van der Waals surface area (Å²) in [6, 6.07) is 0. The van der Waals surface area contributed by atoms with Crippen LogP contribution in [-0.4, -0.2) is 18.7 Å². The van der Waals surface area contributed by atoms with Crippen molar-refractivity contribution in [3.8, 4) is 0 Å². The van der Waals surface area contributed by atoms with Gasteiger partial charge in [-0.2, -0.15) is 8.42 Å². The molecule has 0 atom stereocenters. The zero-order chi connectivity index (χ0) is 6.62. The molecule has 3 nitrogen and oxygen atoms in total. The summed E-state index contributed by atoms with van der Waals surface area (Å²) in [5.74, 6) is -0.108. The third kappa shape index (κ3) is 12.2. The zero-order valence-electron chi connectivity index (χ0n) is 6.79. The van der Waals surface area contributed by atoms with Gasteiger partial charge in [0.1, 0.15) is 0 Å². The molecule has 1 N–H and O–H groups in total. The van der Waals surface area contributed by atoms with Crippen LogP contribution in [0.2, 0.25) is 0 Å². The zero-order valence-corrected chi connectivity index (χ0v) is 8.61. The molecule has 0 amide bonds. The normalized spacial score (nSPS) is 10.4. The maximum absolute atomic E-state index is 9.95. The van der Waals surface area contributed by atoms with E-state index in [0.717, 1.165) is 6.42 Å². The van der Waals surface area contributed by atoms with Gasteiger partial charge in [-0.1, -0.05) is 13.3 Å². The minimum Gasteiger partial charge on any atom is -1.00 e. The number of rotatable bonds is 3. The summed E-state index contributed by atoms with van der Waals surface area (Å²) in [6.07, 6.45) is 1.33. The maximum atomic E-state index is 9.95. The van der Waals surface area contributed by atoms with Crippen molar-refractivity contribution >= 4 is 10.1 Å². The van der Waals surface area contributed by atoms with E-state index in [1.807, 2.05) is 6.92 Å². The van der Waals surface area contributed by atoms with Crippen LogP contribution in [0.4, 0.5) is 0 Å². The van der Waals surface area contributed by atoms with Gasteiger partial charge >= 0.3 is 29.6 Å². The summed E-state index contributed by atoms with van der Waals surface area (Å²) in [4.78, 5) is 0. The van der Waals surface area contributed by atoms with Crippen LogP contribution in [0.1, 0.15) is 21.2 Å².